The Morgan fingerprint density at radius 1 is 1.47 bits per heavy atom. The van der Waals surface area contributed by atoms with E-state index in [-0.39, 0.29) is 4.87 Å². The monoisotopic (exact) mass is 269 g/mol. The number of rotatable bonds is 3. The van der Waals surface area contributed by atoms with Crippen molar-refractivity contribution in [2.75, 3.05) is 0 Å². The van der Waals surface area contributed by atoms with Crippen molar-refractivity contribution in [3.05, 3.63) is 42.1 Å². The van der Waals surface area contributed by atoms with Crippen LogP contribution in [0.15, 0.2) is 16.2 Å². The fourth-order valence-corrected chi connectivity index (χ4v) is 3.17. The van der Waals surface area contributed by atoms with Gasteiger partial charge in [0.25, 0.3) is 0 Å². The quantitative estimate of drug-likeness (QED) is 0.930. The number of nitrogens with zero attached hydrogens (tertiary/aromatic N) is 1. The molecule has 2 aromatic heterocycles. The molecule has 0 unspecified atom stereocenters. The largest absolute Gasteiger partial charge is 0.477 e. The van der Waals surface area contributed by atoms with Crippen LogP contribution in [0.2, 0.25) is 0 Å². The van der Waals surface area contributed by atoms with Crippen molar-refractivity contribution in [3.8, 4) is 0 Å². The zero-order chi connectivity index (χ0) is 12.6. The Bertz CT molecular complexity index is 621. The predicted molar refractivity (Wildman–Crippen MR) is 68.4 cm³/mol. The highest BCUT2D eigenvalue weighted by atomic mass is 32.1. The van der Waals surface area contributed by atoms with E-state index in [9.17, 15) is 9.59 Å². The third-order valence-corrected chi connectivity index (χ3v) is 4.59. The fourth-order valence-electron chi connectivity index (χ4n) is 1.59. The number of carboxylic acid groups (broad SMARTS) is 1. The van der Waals surface area contributed by atoms with Crippen molar-refractivity contribution in [1.29, 1.82) is 0 Å². The number of aromatic nitrogens is 1. The highest BCUT2D eigenvalue weighted by Gasteiger charge is 2.14. The van der Waals surface area contributed by atoms with E-state index in [0.29, 0.717) is 17.0 Å². The van der Waals surface area contributed by atoms with Crippen LogP contribution < -0.4 is 4.87 Å². The second kappa shape index (κ2) is 4.46. The summed E-state index contributed by atoms with van der Waals surface area (Å²) < 4.78 is 1.62. The molecule has 6 heteroatoms. The van der Waals surface area contributed by atoms with Gasteiger partial charge in [0.15, 0.2) is 0 Å². The van der Waals surface area contributed by atoms with Crippen molar-refractivity contribution in [2.24, 2.45) is 0 Å². The number of thiophene rings is 1. The molecule has 0 fully saturated rings. The molecule has 0 bridgehead atoms. The summed E-state index contributed by atoms with van der Waals surface area (Å²) in [6, 6.07) is 1.76. The molecule has 4 nitrogen and oxygen atoms in total. The molecule has 0 aliphatic rings. The average molecular weight is 269 g/mol. The smallest absolute Gasteiger partial charge is 0.346 e. The lowest BCUT2D eigenvalue weighted by molar-refractivity contribution is 0.0701. The van der Waals surface area contributed by atoms with Gasteiger partial charge in [-0.1, -0.05) is 11.3 Å². The molecule has 0 amide bonds. The van der Waals surface area contributed by atoms with Crippen LogP contribution in [0.5, 0.6) is 0 Å². The molecule has 0 radical (unpaired) electrons. The Kier molecular flexibility index (Phi) is 3.17. The number of carboxylic acids is 1. The maximum absolute atomic E-state index is 11.7. The van der Waals surface area contributed by atoms with Crippen molar-refractivity contribution in [1.82, 2.24) is 4.57 Å². The Morgan fingerprint density at radius 2 is 2.18 bits per heavy atom. The number of hydrogen-bond donors (Lipinski definition) is 1. The van der Waals surface area contributed by atoms with Gasteiger partial charge in [-0.05, 0) is 30.9 Å². The number of hydrogen-bond acceptors (Lipinski definition) is 4. The van der Waals surface area contributed by atoms with Gasteiger partial charge in [0.2, 0.25) is 0 Å². The summed E-state index contributed by atoms with van der Waals surface area (Å²) in [6.07, 6.45) is 0. The predicted octanol–water partition coefficient (Wildman–Crippen LogP) is 2.33. The van der Waals surface area contributed by atoms with Crippen LogP contribution in [0.3, 0.4) is 0 Å². The molecule has 2 rings (SSSR count). The van der Waals surface area contributed by atoms with Crippen LogP contribution in [0.4, 0.5) is 0 Å². The zero-order valence-electron chi connectivity index (χ0n) is 9.39. The molecule has 0 aromatic carbocycles. The first-order valence-corrected chi connectivity index (χ1v) is 6.67. The highest BCUT2D eigenvalue weighted by molar-refractivity contribution is 7.12. The first-order chi connectivity index (χ1) is 8.00. The standard InChI is InChI=1S/C11H11NO3S2/c1-6-7(2)17-11(15)12(6)5-8-3-4-16-9(8)10(13)14/h3-4H,5H2,1-2H3,(H,13,14). The van der Waals surface area contributed by atoms with Crippen molar-refractivity contribution < 1.29 is 9.90 Å². The van der Waals surface area contributed by atoms with Crippen LogP contribution in [0.25, 0.3) is 0 Å². The maximum Gasteiger partial charge on any atom is 0.346 e. The van der Waals surface area contributed by atoms with E-state index in [2.05, 4.69) is 0 Å². The topological polar surface area (TPSA) is 59.3 Å². The van der Waals surface area contributed by atoms with Crippen molar-refractivity contribution in [3.63, 3.8) is 0 Å². The molecular weight excluding hydrogens is 258 g/mol. The molecule has 0 saturated carbocycles. The van der Waals surface area contributed by atoms with Crippen LogP contribution in [-0.4, -0.2) is 15.6 Å². The van der Waals surface area contributed by atoms with Crippen LogP contribution in [0, 0.1) is 13.8 Å². The lowest BCUT2D eigenvalue weighted by Gasteiger charge is -2.04. The van der Waals surface area contributed by atoms with Gasteiger partial charge in [-0.25, -0.2) is 4.79 Å². The third kappa shape index (κ3) is 2.18. The molecule has 17 heavy (non-hydrogen) atoms. The first-order valence-electron chi connectivity index (χ1n) is 4.97. The second-order valence-corrected chi connectivity index (χ2v) is 5.76. The fraction of sp³-hybridized carbons (Fsp3) is 0.273. The van der Waals surface area contributed by atoms with Gasteiger partial charge >= 0.3 is 10.8 Å². The van der Waals surface area contributed by atoms with Gasteiger partial charge < -0.3 is 5.11 Å². The Balaban J connectivity index is 2.41. The molecule has 2 heterocycles. The summed E-state index contributed by atoms with van der Waals surface area (Å²) in [7, 11) is 0. The SMILES string of the molecule is Cc1sc(=O)n(Cc2ccsc2C(=O)O)c1C. The molecule has 0 atom stereocenters. The van der Waals surface area contributed by atoms with E-state index in [1.807, 2.05) is 13.8 Å². The van der Waals surface area contributed by atoms with Crippen LogP contribution >= 0.6 is 22.7 Å². The van der Waals surface area contributed by atoms with Gasteiger partial charge in [0.1, 0.15) is 4.88 Å². The van der Waals surface area contributed by atoms with Gasteiger partial charge in [-0.3, -0.25) is 9.36 Å². The molecule has 1 N–H and O–H groups in total. The summed E-state index contributed by atoms with van der Waals surface area (Å²) in [5.41, 5.74) is 1.59. The minimum atomic E-state index is -0.937. The first kappa shape index (κ1) is 12.1. The number of aromatic carboxylic acids is 1. The Morgan fingerprint density at radius 3 is 2.71 bits per heavy atom. The summed E-state index contributed by atoms with van der Waals surface area (Å²) in [5, 5.41) is 10.7. The van der Waals surface area contributed by atoms with Gasteiger partial charge in [-0.15, -0.1) is 11.3 Å². The number of thiazole rings is 1. The maximum atomic E-state index is 11.7. The summed E-state index contributed by atoms with van der Waals surface area (Å²) in [6.45, 7) is 4.10. The minimum Gasteiger partial charge on any atom is -0.477 e. The molecule has 90 valence electrons. The molecular formula is C11H11NO3S2. The number of carbonyl (C=O) groups is 1. The van der Waals surface area contributed by atoms with E-state index in [1.165, 1.54) is 22.7 Å². The molecule has 0 spiro atoms. The summed E-state index contributed by atoms with van der Waals surface area (Å²) >= 11 is 2.38. The Labute approximate surface area is 106 Å². The summed E-state index contributed by atoms with van der Waals surface area (Å²) in [5.74, 6) is -0.937. The molecule has 0 aliphatic heterocycles. The molecule has 2 aromatic rings. The lowest BCUT2D eigenvalue weighted by Crippen LogP contribution is -2.16. The average Bonchev–Trinajstić information content (AvgIpc) is 2.80. The van der Waals surface area contributed by atoms with E-state index in [0.717, 1.165) is 10.6 Å². The Hall–Kier alpha value is -1.40. The molecule has 0 aliphatic carbocycles. The lowest BCUT2D eigenvalue weighted by atomic mass is 10.2. The van der Waals surface area contributed by atoms with Gasteiger partial charge in [0.05, 0.1) is 6.54 Å². The van der Waals surface area contributed by atoms with Gasteiger partial charge in [-0.2, -0.15) is 0 Å². The van der Waals surface area contributed by atoms with Crippen molar-refractivity contribution in [2.45, 2.75) is 20.4 Å². The third-order valence-electron chi connectivity index (χ3n) is 2.64. The summed E-state index contributed by atoms with van der Waals surface area (Å²) in [4.78, 5) is 23.9. The van der Waals surface area contributed by atoms with Gasteiger partial charge in [0, 0.05) is 10.6 Å². The second-order valence-electron chi connectivity index (χ2n) is 3.68. The zero-order valence-corrected chi connectivity index (χ0v) is 11.0. The van der Waals surface area contributed by atoms with Crippen LogP contribution in [-0.2, 0) is 6.54 Å². The molecule has 0 saturated heterocycles. The van der Waals surface area contributed by atoms with E-state index in [1.54, 1.807) is 16.0 Å². The minimum absolute atomic E-state index is 0.0393. The highest BCUT2D eigenvalue weighted by Crippen LogP contribution is 2.19. The van der Waals surface area contributed by atoms with E-state index >= 15 is 0 Å². The van der Waals surface area contributed by atoms with E-state index < -0.39 is 5.97 Å². The van der Waals surface area contributed by atoms with Crippen molar-refractivity contribution >= 4 is 28.6 Å². The number of aryl methyl sites for hydroxylation is 1. The van der Waals surface area contributed by atoms with E-state index in [4.69, 9.17) is 5.11 Å². The normalized spacial score (nSPS) is 10.7. The van der Waals surface area contributed by atoms with Crippen LogP contribution in [0.1, 0.15) is 25.8 Å².